The molecule has 0 spiro atoms. The Bertz CT molecular complexity index is 526. The minimum absolute atomic E-state index is 0.215. The topological polar surface area (TPSA) is 40.6 Å². The van der Waals surface area contributed by atoms with Crippen molar-refractivity contribution in [3.05, 3.63) is 21.9 Å². The summed E-state index contributed by atoms with van der Waals surface area (Å²) in [6.45, 7) is 5.05. The molecule has 3 rings (SSSR count). The predicted octanol–water partition coefficient (Wildman–Crippen LogP) is 1.80. The Labute approximate surface area is 123 Å². The molecule has 0 N–H and O–H groups in total. The summed E-state index contributed by atoms with van der Waals surface area (Å²) in [6, 6.07) is 4.32. The fourth-order valence-electron chi connectivity index (χ4n) is 3.07. The summed E-state index contributed by atoms with van der Waals surface area (Å²) in [6.07, 6.45) is 2.61. The normalized spacial score (nSPS) is 23.1. The lowest BCUT2D eigenvalue weighted by molar-refractivity contribution is -0.130. The van der Waals surface area contributed by atoms with Gasteiger partial charge in [-0.25, -0.2) is 0 Å². The first kappa shape index (κ1) is 13.8. The summed E-state index contributed by atoms with van der Waals surface area (Å²) in [5, 5.41) is 0. The second-order valence-electron chi connectivity index (χ2n) is 5.56. The van der Waals surface area contributed by atoms with Crippen molar-refractivity contribution in [3.8, 4) is 0 Å². The summed E-state index contributed by atoms with van der Waals surface area (Å²) in [7, 11) is 0. The molecule has 1 aromatic heterocycles. The maximum absolute atomic E-state index is 12.3. The van der Waals surface area contributed by atoms with Crippen LogP contribution in [0.5, 0.6) is 0 Å². The van der Waals surface area contributed by atoms with Crippen molar-refractivity contribution in [2.45, 2.75) is 32.2 Å². The van der Waals surface area contributed by atoms with Crippen LogP contribution in [0.25, 0.3) is 0 Å². The first-order chi connectivity index (χ1) is 9.67. The van der Waals surface area contributed by atoms with Gasteiger partial charge in [-0.3, -0.25) is 14.5 Å². The first-order valence-electron chi connectivity index (χ1n) is 7.31. The predicted molar refractivity (Wildman–Crippen MR) is 79.2 cm³/mol. The van der Waals surface area contributed by atoms with Crippen LogP contribution in [0.3, 0.4) is 0 Å². The first-order valence-corrected chi connectivity index (χ1v) is 8.12. The fraction of sp³-hybridized carbons (Fsp3) is 0.600. The van der Waals surface area contributed by atoms with Crippen molar-refractivity contribution in [1.82, 2.24) is 9.80 Å². The van der Waals surface area contributed by atoms with E-state index in [4.69, 9.17) is 0 Å². The SMILES string of the molecule is CCc1ccc(C(=O)CN2CCN3C(=O)CCC3C2)s1. The van der Waals surface area contributed by atoms with Crippen LogP contribution in [0.1, 0.15) is 34.3 Å². The number of amides is 1. The lowest BCUT2D eigenvalue weighted by atomic mass is 10.1. The molecule has 2 aliphatic heterocycles. The van der Waals surface area contributed by atoms with Crippen molar-refractivity contribution in [2.24, 2.45) is 0 Å². The van der Waals surface area contributed by atoms with E-state index >= 15 is 0 Å². The van der Waals surface area contributed by atoms with E-state index in [1.54, 1.807) is 11.3 Å². The number of fused-ring (bicyclic) bond motifs is 1. The van der Waals surface area contributed by atoms with Crippen LogP contribution < -0.4 is 0 Å². The number of hydrogen-bond donors (Lipinski definition) is 0. The monoisotopic (exact) mass is 292 g/mol. The molecule has 0 aliphatic carbocycles. The van der Waals surface area contributed by atoms with Crippen molar-refractivity contribution in [3.63, 3.8) is 0 Å². The highest BCUT2D eigenvalue weighted by molar-refractivity contribution is 7.14. The maximum atomic E-state index is 12.3. The number of carbonyl (C=O) groups excluding carboxylic acids is 2. The Kier molecular flexibility index (Phi) is 3.89. The Hall–Kier alpha value is -1.20. The second-order valence-corrected chi connectivity index (χ2v) is 6.73. The number of hydrogen-bond acceptors (Lipinski definition) is 4. The average Bonchev–Trinajstić information content (AvgIpc) is 3.06. The molecule has 1 atom stereocenters. The molecule has 1 amide bonds. The largest absolute Gasteiger partial charge is 0.337 e. The zero-order chi connectivity index (χ0) is 14.1. The van der Waals surface area contributed by atoms with Crippen LogP contribution in [0.2, 0.25) is 0 Å². The van der Waals surface area contributed by atoms with Gasteiger partial charge in [-0.05, 0) is 25.0 Å². The molecular formula is C15H20N2O2S. The number of carbonyl (C=O) groups is 2. The van der Waals surface area contributed by atoms with Crippen LogP contribution in [0.4, 0.5) is 0 Å². The van der Waals surface area contributed by atoms with Crippen LogP contribution in [0.15, 0.2) is 12.1 Å². The molecule has 2 saturated heterocycles. The fourth-order valence-corrected chi connectivity index (χ4v) is 3.95. The van der Waals surface area contributed by atoms with Gasteiger partial charge in [0.25, 0.3) is 0 Å². The number of rotatable bonds is 4. The van der Waals surface area contributed by atoms with Gasteiger partial charge in [0.1, 0.15) is 0 Å². The van der Waals surface area contributed by atoms with Crippen molar-refractivity contribution >= 4 is 23.0 Å². The highest BCUT2D eigenvalue weighted by atomic mass is 32.1. The third-order valence-corrected chi connectivity index (χ3v) is 5.50. The number of ketones is 1. The Balaban J connectivity index is 1.58. The molecule has 0 bridgehead atoms. The van der Waals surface area contributed by atoms with Gasteiger partial charge >= 0.3 is 0 Å². The number of nitrogens with zero attached hydrogens (tertiary/aromatic N) is 2. The van der Waals surface area contributed by atoms with E-state index in [1.165, 1.54) is 4.88 Å². The number of thiophene rings is 1. The number of piperazine rings is 1. The van der Waals surface area contributed by atoms with E-state index in [2.05, 4.69) is 11.8 Å². The summed E-state index contributed by atoms with van der Waals surface area (Å²) in [5.41, 5.74) is 0. The van der Waals surface area contributed by atoms with Crippen molar-refractivity contribution in [1.29, 1.82) is 0 Å². The van der Waals surface area contributed by atoms with E-state index in [-0.39, 0.29) is 11.7 Å². The van der Waals surface area contributed by atoms with Gasteiger partial charge in [0.2, 0.25) is 5.91 Å². The average molecular weight is 292 g/mol. The molecule has 2 aliphatic rings. The van der Waals surface area contributed by atoms with Crippen LogP contribution in [-0.4, -0.2) is 53.7 Å². The minimum atomic E-state index is 0.215. The zero-order valence-electron chi connectivity index (χ0n) is 11.8. The molecule has 3 heterocycles. The molecular weight excluding hydrogens is 272 g/mol. The van der Waals surface area contributed by atoms with Crippen molar-refractivity contribution < 1.29 is 9.59 Å². The lowest BCUT2D eigenvalue weighted by Crippen LogP contribution is -2.52. The summed E-state index contributed by atoms with van der Waals surface area (Å²) >= 11 is 1.61. The van der Waals surface area contributed by atoms with Gasteiger partial charge in [-0.15, -0.1) is 11.3 Å². The smallest absolute Gasteiger partial charge is 0.222 e. The molecule has 0 saturated carbocycles. The van der Waals surface area contributed by atoms with E-state index < -0.39 is 0 Å². The number of Topliss-reactive ketones (excluding diaryl/α,β-unsaturated/α-hetero) is 1. The van der Waals surface area contributed by atoms with E-state index in [9.17, 15) is 9.59 Å². The summed E-state index contributed by atoms with van der Waals surface area (Å²) < 4.78 is 0. The van der Waals surface area contributed by atoms with Crippen LogP contribution in [0, 0.1) is 0 Å². The Morgan fingerprint density at radius 3 is 3.00 bits per heavy atom. The van der Waals surface area contributed by atoms with Crippen molar-refractivity contribution in [2.75, 3.05) is 26.2 Å². The summed E-state index contributed by atoms with van der Waals surface area (Å²) in [5.74, 6) is 0.499. The molecule has 20 heavy (non-hydrogen) atoms. The zero-order valence-corrected chi connectivity index (χ0v) is 12.6. The van der Waals surface area contributed by atoms with Gasteiger partial charge in [0.15, 0.2) is 5.78 Å². The van der Waals surface area contributed by atoms with Gasteiger partial charge in [-0.1, -0.05) is 6.92 Å². The molecule has 2 fully saturated rings. The standard InChI is InChI=1S/C15H20N2O2S/c1-2-12-4-5-14(20-12)13(18)10-16-7-8-17-11(9-16)3-6-15(17)19/h4-5,11H,2-3,6-10H2,1H3. The van der Waals surface area contributed by atoms with E-state index in [1.807, 2.05) is 17.0 Å². The second kappa shape index (κ2) is 5.66. The molecule has 0 radical (unpaired) electrons. The van der Waals surface area contributed by atoms with E-state index in [0.717, 1.165) is 37.4 Å². The molecule has 5 heteroatoms. The van der Waals surface area contributed by atoms with E-state index in [0.29, 0.717) is 19.0 Å². The quantitative estimate of drug-likeness (QED) is 0.795. The van der Waals surface area contributed by atoms with Gasteiger partial charge in [0.05, 0.1) is 11.4 Å². The highest BCUT2D eigenvalue weighted by Crippen LogP contribution is 2.23. The molecule has 1 aromatic rings. The van der Waals surface area contributed by atoms with Gasteiger partial charge in [-0.2, -0.15) is 0 Å². The third-order valence-electron chi connectivity index (χ3n) is 4.23. The minimum Gasteiger partial charge on any atom is -0.337 e. The third kappa shape index (κ3) is 2.65. The molecule has 108 valence electrons. The van der Waals surface area contributed by atoms with Gasteiger partial charge < -0.3 is 4.90 Å². The van der Waals surface area contributed by atoms with Crippen LogP contribution >= 0.6 is 11.3 Å². The molecule has 0 aromatic carbocycles. The highest BCUT2D eigenvalue weighted by Gasteiger charge is 2.35. The Morgan fingerprint density at radius 1 is 1.40 bits per heavy atom. The summed E-state index contributed by atoms with van der Waals surface area (Å²) in [4.78, 5) is 30.2. The van der Waals surface area contributed by atoms with Gasteiger partial charge in [0, 0.05) is 37.0 Å². The van der Waals surface area contributed by atoms with Crippen LogP contribution in [-0.2, 0) is 11.2 Å². The Morgan fingerprint density at radius 2 is 2.25 bits per heavy atom. The molecule has 4 nitrogen and oxygen atoms in total. The molecule has 1 unspecified atom stereocenters. The maximum Gasteiger partial charge on any atom is 0.222 e. The lowest BCUT2D eigenvalue weighted by Gasteiger charge is -2.37. The number of aryl methyl sites for hydroxylation is 1.